The topological polar surface area (TPSA) is 55.4 Å². The lowest BCUT2D eigenvalue weighted by Gasteiger charge is -2.28. The molecule has 1 aromatic rings. The van der Waals surface area contributed by atoms with Crippen LogP contribution in [-0.4, -0.2) is 24.5 Å². The van der Waals surface area contributed by atoms with Crippen LogP contribution in [0.4, 0.5) is 0 Å². The molecule has 1 aromatic carbocycles. The highest BCUT2D eigenvalue weighted by Crippen LogP contribution is 2.41. The predicted molar refractivity (Wildman–Crippen MR) is 93.1 cm³/mol. The largest absolute Gasteiger partial charge is 0.463 e. The number of ether oxygens (including phenoxy) is 1. The molecule has 1 aliphatic carbocycles. The molecule has 1 saturated carbocycles. The van der Waals surface area contributed by atoms with Crippen molar-refractivity contribution in [3.63, 3.8) is 0 Å². The standard InChI is InChI=1S/C18H24BrNO3/c1-13(2)23-16(21)9-12-20-17(22)18(10-3-4-11-18)14-5-7-15(19)8-6-14/h5-8,13H,3-4,9-12H2,1-2H3,(H,20,22). The summed E-state index contributed by atoms with van der Waals surface area (Å²) in [4.78, 5) is 24.3. The second kappa shape index (κ2) is 7.95. The molecule has 23 heavy (non-hydrogen) atoms. The van der Waals surface area contributed by atoms with E-state index in [1.807, 2.05) is 38.1 Å². The van der Waals surface area contributed by atoms with Crippen LogP contribution in [0.5, 0.6) is 0 Å². The van der Waals surface area contributed by atoms with Gasteiger partial charge in [0.2, 0.25) is 5.91 Å². The molecule has 0 radical (unpaired) electrons. The lowest BCUT2D eigenvalue weighted by Crippen LogP contribution is -2.43. The van der Waals surface area contributed by atoms with Gasteiger partial charge in [-0.1, -0.05) is 40.9 Å². The summed E-state index contributed by atoms with van der Waals surface area (Å²) in [6.07, 6.45) is 3.91. The van der Waals surface area contributed by atoms with Crippen molar-refractivity contribution in [1.82, 2.24) is 5.32 Å². The molecule has 1 N–H and O–H groups in total. The Morgan fingerprint density at radius 2 is 1.83 bits per heavy atom. The zero-order chi connectivity index (χ0) is 16.9. The number of benzene rings is 1. The smallest absolute Gasteiger partial charge is 0.307 e. The third-order valence-electron chi connectivity index (χ3n) is 4.27. The van der Waals surface area contributed by atoms with E-state index >= 15 is 0 Å². The summed E-state index contributed by atoms with van der Waals surface area (Å²) < 4.78 is 6.09. The number of carbonyl (C=O) groups is 2. The van der Waals surface area contributed by atoms with E-state index in [0.717, 1.165) is 35.7 Å². The van der Waals surface area contributed by atoms with Gasteiger partial charge >= 0.3 is 5.97 Å². The van der Waals surface area contributed by atoms with Gasteiger partial charge in [-0.25, -0.2) is 0 Å². The molecule has 0 aliphatic heterocycles. The minimum atomic E-state index is -0.456. The second-order valence-corrected chi connectivity index (χ2v) is 7.26. The number of halogens is 1. The highest BCUT2D eigenvalue weighted by molar-refractivity contribution is 9.10. The molecule has 1 amide bonds. The average Bonchev–Trinajstić information content (AvgIpc) is 2.98. The first-order valence-corrected chi connectivity index (χ1v) is 8.97. The molecule has 0 heterocycles. The SMILES string of the molecule is CC(C)OC(=O)CCNC(=O)C1(c2ccc(Br)cc2)CCCC1. The Balaban J connectivity index is 1.99. The fourth-order valence-electron chi connectivity index (χ4n) is 3.16. The molecule has 5 heteroatoms. The zero-order valence-corrected chi connectivity index (χ0v) is 15.3. The van der Waals surface area contributed by atoms with E-state index in [9.17, 15) is 9.59 Å². The van der Waals surface area contributed by atoms with Crippen molar-refractivity contribution in [1.29, 1.82) is 0 Å². The summed E-state index contributed by atoms with van der Waals surface area (Å²) in [7, 11) is 0. The van der Waals surface area contributed by atoms with Crippen molar-refractivity contribution in [3.8, 4) is 0 Å². The molecule has 126 valence electrons. The van der Waals surface area contributed by atoms with Crippen LogP contribution in [-0.2, 0) is 19.7 Å². The summed E-state index contributed by atoms with van der Waals surface area (Å²) >= 11 is 3.43. The Hall–Kier alpha value is -1.36. The molecule has 0 bridgehead atoms. The molecular weight excluding hydrogens is 358 g/mol. The second-order valence-electron chi connectivity index (χ2n) is 6.34. The van der Waals surface area contributed by atoms with Gasteiger partial charge in [0.05, 0.1) is 17.9 Å². The van der Waals surface area contributed by atoms with E-state index in [1.165, 1.54) is 0 Å². The molecule has 0 aromatic heterocycles. The van der Waals surface area contributed by atoms with E-state index in [1.54, 1.807) is 0 Å². The van der Waals surface area contributed by atoms with Crippen molar-refractivity contribution in [2.45, 2.75) is 57.5 Å². The summed E-state index contributed by atoms with van der Waals surface area (Å²) in [5.74, 6) is -0.251. The van der Waals surface area contributed by atoms with E-state index in [0.29, 0.717) is 6.54 Å². The van der Waals surface area contributed by atoms with Crippen molar-refractivity contribution in [3.05, 3.63) is 34.3 Å². The molecule has 0 unspecified atom stereocenters. The van der Waals surface area contributed by atoms with Gasteiger partial charge in [0.15, 0.2) is 0 Å². The zero-order valence-electron chi connectivity index (χ0n) is 13.7. The fourth-order valence-corrected chi connectivity index (χ4v) is 3.43. The van der Waals surface area contributed by atoms with Crippen LogP contribution in [0.1, 0.15) is 51.5 Å². The number of hydrogen-bond donors (Lipinski definition) is 1. The number of carbonyl (C=O) groups excluding carboxylic acids is 2. The molecule has 2 rings (SSSR count). The third-order valence-corrected chi connectivity index (χ3v) is 4.80. The molecular formula is C18H24BrNO3. The van der Waals surface area contributed by atoms with Gasteiger partial charge < -0.3 is 10.1 Å². The molecule has 0 saturated heterocycles. The summed E-state index contributed by atoms with van der Waals surface area (Å²) in [6.45, 7) is 3.96. The maximum Gasteiger partial charge on any atom is 0.307 e. The normalized spacial score (nSPS) is 16.3. The van der Waals surface area contributed by atoms with Crippen LogP contribution in [0.15, 0.2) is 28.7 Å². The van der Waals surface area contributed by atoms with E-state index in [4.69, 9.17) is 4.74 Å². The minimum absolute atomic E-state index is 0.0228. The first-order chi connectivity index (χ1) is 10.9. The van der Waals surface area contributed by atoms with Gasteiger partial charge in [0, 0.05) is 11.0 Å². The molecule has 0 spiro atoms. The highest BCUT2D eigenvalue weighted by atomic mass is 79.9. The van der Waals surface area contributed by atoms with Crippen molar-refractivity contribution < 1.29 is 14.3 Å². The lowest BCUT2D eigenvalue weighted by molar-refractivity contribution is -0.147. The highest BCUT2D eigenvalue weighted by Gasteiger charge is 2.42. The number of hydrogen-bond acceptors (Lipinski definition) is 3. The average molecular weight is 382 g/mol. The van der Waals surface area contributed by atoms with Crippen LogP contribution >= 0.6 is 15.9 Å². The summed E-state index contributed by atoms with van der Waals surface area (Å²) in [5.41, 5.74) is 0.600. The molecule has 4 nitrogen and oxygen atoms in total. The Morgan fingerprint density at radius 3 is 2.39 bits per heavy atom. The maximum atomic E-state index is 12.8. The lowest BCUT2D eigenvalue weighted by atomic mass is 9.78. The quantitative estimate of drug-likeness (QED) is 0.763. The first kappa shape index (κ1) is 18.0. The number of nitrogens with one attached hydrogen (secondary N) is 1. The maximum absolute atomic E-state index is 12.8. The number of rotatable bonds is 6. The minimum Gasteiger partial charge on any atom is -0.463 e. The fraction of sp³-hybridized carbons (Fsp3) is 0.556. The van der Waals surface area contributed by atoms with E-state index < -0.39 is 5.41 Å². The van der Waals surface area contributed by atoms with Gasteiger partial charge in [0.1, 0.15) is 0 Å². The van der Waals surface area contributed by atoms with Crippen LogP contribution in [0.2, 0.25) is 0 Å². The van der Waals surface area contributed by atoms with Gasteiger partial charge in [-0.2, -0.15) is 0 Å². The van der Waals surface area contributed by atoms with Gasteiger partial charge in [-0.3, -0.25) is 9.59 Å². The van der Waals surface area contributed by atoms with Crippen molar-refractivity contribution in [2.24, 2.45) is 0 Å². The summed E-state index contributed by atoms with van der Waals surface area (Å²) in [5, 5.41) is 2.93. The van der Waals surface area contributed by atoms with Gasteiger partial charge in [-0.15, -0.1) is 0 Å². The molecule has 1 fully saturated rings. The first-order valence-electron chi connectivity index (χ1n) is 8.18. The Kier molecular flexibility index (Phi) is 6.22. The van der Waals surface area contributed by atoms with E-state index in [-0.39, 0.29) is 24.4 Å². The van der Waals surface area contributed by atoms with Crippen molar-refractivity contribution in [2.75, 3.05) is 6.54 Å². The number of esters is 1. The molecule has 1 aliphatic rings. The Morgan fingerprint density at radius 1 is 1.22 bits per heavy atom. The Bertz CT molecular complexity index is 548. The van der Waals surface area contributed by atoms with Crippen molar-refractivity contribution >= 4 is 27.8 Å². The molecule has 0 atom stereocenters. The summed E-state index contributed by atoms with van der Waals surface area (Å²) in [6, 6.07) is 7.98. The monoisotopic (exact) mass is 381 g/mol. The Labute approximate surface area is 146 Å². The van der Waals surface area contributed by atoms with Crippen LogP contribution in [0, 0.1) is 0 Å². The van der Waals surface area contributed by atoms with Gasteiger partial charge in [0.25, 0.3) is 0 Å². The van der Waals surface area contributed by atoms with Gasteiger partial charge in [-0.05, 0) is 44.4 Å². The number of amides is 1. The van der Waals surface area contributed by atoms with Crippen LogP contribution in [0.25, 0.3) is 0 Å². The van der Waals surface area contributed by atoms with Crippen LogP contribution < -0.4 is 5.32 Å². The van der Waals surface area contributed by atoms with Crippen LogP contribution in [0.3, 0.4) is 0 Å². The third kappa shape index (κ3) is 4.56. The predicted octanol–water partition coefficient (Wildman–Crippen LogP) is 3.72. The van der Waals surface area contributed by atoms with E-state index in [2.05, 4.69) is 21.2 Å².